The van der Waals surface area contributed by atoms with Gasteiger partial charge >= 0.3 is 5.97 Å². The Morgan fingerprint density at radius 1 is 1.25 bits per heavy atom. The first-order chi connectivity index (χ1) is 15.3. The molecule has 0 aliphatic carbocycles. The molecule has 1 amide bonds. The summed E-state index contributed by atoms with van der Waals surface area (Å²) in [5.41, 5.74) is 0.651. The molecule has 1 atom stereocenters. The van der Waals surface area contributed by atoms with Crippen LogP contribution < -0.4 is 0 Å². The van der Waals surface area contributed by atoms with Gasteiger partial charge in [-0.05, 0) is 56.4 Å². The molecule has 1 aromatic rings. The summed E-state index contributed by atoms with van der Waals surface area (Å²) in [4.78, 5) is 37.9. The first-order valence-corrected chi connectivity index (χ1v) is 11.0. The van der Waals surface area contributed by atoms with Crippen LogP contribution in [0.5, 0.6) is 0 Å². The molecule has 0 bridgehead atoms. The van der Waals surface area contributed by atoms with E-state index in [4.69, 9.17) is 14.6 Å². The smallest absolute Gasteiger partial charge is 0.312 e. The quantitative estimate of drug-likeness (QED) is 0.534. The van der Waals surface area contributed by atoms with E-state index in [1.165, 1.54) is 18.2 Å². The number of likely N-dealkylation sites (tertiary alicyclic amines) is 2. The Hall–Kier alpha value is -2.52. The fourth-order valence-corrected chi connectivity index (χ4v) is 4.91. The van der Waals surface area contributed by atoms with Gasteiger partial charge in [-0.15, -0.1) is 0 Å². The van der Waals surface area contributed by atoms with Crippen molar-refractivity contribution in [1.29, 1.82) is 0 Å². The van der Waals surface area contributed by atoms with Crippen molar-refractivity contribution in [2.24, 2.45) is 5.41 Å². The summed E-state index contributed by atoms with van der Waals surface area (Å²) in [5.74, 6) is -0.587. The minimum atomic E-state index is -0.491. The summed E-state index contributed by atoms with van der Waals surface area (Å²) in [6, 6.07) is 4.22. The Balaban J connectivity index is 0.000000913. The van der Waals surface area contributed by atoms with Gasteiger partial charge in [-0.3, -0.25) is 19.3 Å². The zero-order valence-corrected chi connectivity index (χ0v) is 18.3. The fraction of sp³-hybridized carbons (Fsp3) is 0.609. The number of aliphatic hydroxyl groups is 1. The van der Waals surface area contributed by atoms with Crippen molar-refractivity contribution in [3.8, 4) is 0 Å². The van der Waals surface area contributed by atoms with Gasteiger partial charge in [0.25, 0.3) is 12.4 Å². The van der Waals surface area contributed by atoms with Gasteiger partial charge in [-0.2, -0.15) is 0 Å². The van der Waals surface area contributed by atoms with E-state index in [0.717, 1.165) is 32.5 Å². The molecule has 9 heteroatoms. The number of ether oxygens (including phenoxy) is 1. The standard InChI is InChI=1S/C22H29FN2O4.CH2O2/c1-15-12-16(23)2-3-19(15)20(27)25-10-6-22(7-11-25)13-18(29-21(22)28)14-24-8-4-17(26)5-9-24;2-1-3/h2-3,12,17-18,26H,4-11,13-14H2,1H3;1H,(H,2,3). The number of cyclic esters (lactones) is 1. The van der Waals surface area contributed by atoms with Gasteiger partial charge in [-0.25, -0.2) is 4.39 Å². The Labute approximate surface area is 186 Å². The van der Waals surface area contributed by atoms with Crippen LogP contribution in [-0.2, 0) is 14.3 Å². The highest BCUT2D eigenvalue weighted by Crippen LogP contribution is 2.43. The number of carboxylic acid groups (broad SMARTS) is 1. The van der Waals surface area contributed by atoms with Crippen molar-refractivity contribution in [3.05, 3.63) is 35.1 Å². The summed E-state index contributed by atoms with van der Waals surface area (Å²) < 4.78 is 19.0. The van der Waals surface area contributed by atoms with E-state index in [2.05, 4.69) is 4.90 Å². The van der Waals surface area contributed by atoms with Crippen molar-refractivity contribution >= 4 is 18.3 Å². The maximum Gasteiger partial charge on any atom is 0.312 e. The number of amides is 1. The lowest BCUT2D eigenvalue weighted by Gasteiger charge is -2.37. The van der Waals surface area contributed by atoms with Crippen LogP contribution in [0.2, 0.25) is 0 Å². The highest BCUT2D eigenvalue weighted by molar-refractivity contribution is 5.95. The average Bonchev–Trinajstić information content (AvgIpc) is 3.05. The lowest BCUT2D eigenvalue weighted by Crippen LogP contribution is -2.45. The number of halogens is 1. The zero-order valence-electron chi connectivity index (χ0n) is 18.3. The third kappa shape index (κ3) is 5.45. The van der Waals surface area contributed by atoms with Crippen LogP contribution >= 0.6 is 0 Å². The third-order valence-corrected chi connectivity index (χ3v) is 6.77. The Morgan fingerprint density at radius 3 is 2.47 bits per heavy atom. The lowest BCUT2D eigenvalue weighted by molar-refractivity contribution is -0.151. The molecule has 0 aromatic heterocycles. The van der Waals surface area contributed by atoms with E-state index >= 15 is 0 Å². The average molecular weight is 451 g/mol. The topological polar surface area (TPSA) is 107 Å². The summed E-state index contributed by atoms with van der Waals surface area (Å²) >= 11 is 0. The molecule has 3 heterocycles. The zero-order chi connectivity index (χ0) is 23.3. The Kier molecular flexibility index (Phi) is 7.84. The summed E-state index contributed by atoms with van der Waals surface area (Å²) in [6.07, 6.45) is 3.12. The number of carbonyl (C=O) groups excluding carboxylic acids is 2. The highest BCUT2D eigenvalue weighted by atomic mass is 19.1. The number of aryl methyl sites for hydroxylation is 1. The second kappa shape index (κ2) is 10.4. The molecule has 1 aromatic carbocycles. The first-order valence-electron chi connectivity index (χ1n) is 11.0. The number of rotatable bonds is 3. The van der Waals surface area contributed by atoms with E-state index in [-0.39, 0.29) is 36.4 Å². The molecule has 176 valence electrons. The number of hydrogen-bond donors (Lipinski definition) is 2. The maximum absolute atomic E-state index is 13.3. The molecular formula is C23H31FN2O6. The van der Waals surface area contributed by atoms with Crippen LogP contribution in [0.25, 0.3) is 0 Å². The van der Waals surface area contributed by atoms with Gasteiger partial charge in [-0.1, -0.05) is 0 Å². The molecule has 8 nitrogen and oxygen atoms in total. The van der Waals surface area contributed by atoms with Crippen LogP contribution in [0, 0.1) is 18.2 Å². The van der Waals surface area contributed by atoms with E-state index in [9.17, 15) is 19.1 Å². The van der Waals surface area contributed by atoms with Crippen LogP contribution in [0.15, 0.2) is 18.2 Å². The number of nitrogens with zero attached hydrogens (tertiary/aromatic N) is 2. The maximum atomic E-state index is 13.3. The molecule has 0 radical (unpaired) electrons. The van der Waals surface area contributed by atoms with Crippen LogP contribution in [-0.4, -0.2) is 83.3 Å². The lowest BCUT2D eigenvalue weighted by atomic mass is 9.76. The predicted octanol–water partition coefficient (Wildman–Crippen LogP) is 1.83. The van der Waals surface area contributed by atoms with Gasteiger partial charge in [0.1, 0.15) is 11.9 Å². The van der Waals surface area contributed by atoms with Crippen molar-refractivity contribution in [2.45, 2.75) is 51.2 Å². The van der Waals surface area contributed by atoms with Gasteiger partial charge in [0.2, 0.25) is 0 Å². The van der Waals surface area contributed by atoms with E-state index in [1.54, 1.807) is 11.8 Å². The van der Waals surface area contributed by atoms with E-state index in [0.29, 0.717) is 43.5 Å². The SMILES string of the molecule is Cc1cc(F)ccc1C(=O)N1CCC2(CC1)CC(CN1CCC(O)CC1)OC2=O.O=CO. The van der Waals surface area contributed by atoms with Crippen molar-refractivity contribution in [1.82, 2.24) is 9.80 Å². The number of esters is 1. The van der Waals surface area contributed by atoms with Crippen LogP contribution in [0.1, 0.15) is 48.0 Å². The minimum absolute atomic E-state index is 0.105. The molecule has 3 fully saturated rings. The molecule has 1 unspecified atom stereocenters. The van der Waals surface area contributed by atoms with Gasteiger partial charge in [0.15, 0.2) is 0 Å². The molecule has 2 N–H and O–H groups in total. The summed E-state index contributed by atoms with van der Waals surface area (Å²) in [5, 5.41) is 16.5. The van der Waals surface area contributed by atoms with Gasteiger partial charge in [0.05, 0.1) is 11.5 Å². The molecular weight excluding hydrogens is 419 g/mol. The van der Waals surface area contributed by atoms with Crippen molar-refractivity contribution in [2.75, 3.05) is 32.7 Å². The minimum Gasteiger partial charge on any atom is -0.483 e. The van der Waals surface area contributed by atoms with E-state index < -0.39 is 5.41 Å². The van der Waals surface area contributed by atoms with Crippen molar-refractivity contribution < 1.29 is 33.7 Å². The Bertz CT molecular complexity index is 832. The highest BCUT2D eigenvalue weighted by Gasteiger charge is 2.51. The fourth-order valence-electron chi connectivity index (χ4n) is 4.91. The largest absolute Gasteiger partial charge is 0.483 e. The first kappa shape index (κ1) is 24.1. The summed E-state index contributed by atoms with van der Waals surface area (Å²) in [7, 11) is 0. The molecule has 1 spiro atoms. The molecule has 3 aliphatic heterocycles. The normalized spacial score (nSPS) is 23.4. The van der Waals surface area contributed by atoms with Gasteiger partial charge < -0.3 is 19.8 Å². The second-order valence-corrected chi connectivity index (χ2v) is 8.90. The van der Waals surface area contributed by atoms with Crippen LogP contribution in [0.4, 0.5) is 4.39 Å². The van der Waals surface area contributed by atoms with Crippen molar-refractivity contribution in [3.63, 3.8) is 0 Å². The number of aliphatic hydroxyl groups excluding tert-OH is 1. The van der Waals surface area contributed by atoms with E-state index in [1.807, 2.05) is 0 Å². The number of benzene rings is 1. The molecule has 32 heavy (non-hydrogen) atoms. The second-order valence-electron chi connectivity index (χ2n) is 8.90. The Morgan fingerprint density at radius 2 is 1.88 bits per heavy atom. The monoisotopic (exact) mass is 450 g/mol. The van der Waals surface area contributed by atoms with Crippen LogP contribution in [0.3, 0.4) is 0 Å². The number of hydrogen-bond acceptors (Lipinski definition) is 6. The molecule has 3 saturated heterocycles. The molecule has 0 saturated carbocycles. The van der Waals surface area contributed by atoms with Gasteiger partial charge in [0, 0.05) is 44.7 Å². The number of carbonyl (C=O) groups is 3. The number of piperidine rings is 2. The third-order valence-electron chi connectivity index (χ3n) is 6.77. The summed E-state index contributed by atoms with van der Waals surface area (Å²) in [6.45, 7) is 4.89. The predicted molar refractivity (Wildman–Crippen MR) is 114 cm³/mol. The molecule has 3 aliphatic rings. The molecule has 4 rings (SSSR count).